The minimum Gasteiger partial charge on any atom is -0.497 e. The topological polar surface area (TPSA) is 36.9 Å². The van der Waals surface area contributed by atoms with Crippen LogP contribution in [0.15, 0.2) is 16.6 Å². The minimum absolute atomic E-state index is 0.0291. The van der Waals surface area contributed by atoms with Crippen LogP contribution in [-0.2, 0) is 15.9 Å². The summed E-state index contributed by atoms with van der Waals surface area (Å²) in [6.45, 7) is 0.829. The number of fused-ring (bicyclic) bond motifs is 1. The molecule has 1 aliphatic rings. The highest BCUT2D eigenvalue weighted by molar-refractivity contribution is 9.10. The molecular formula is C12H15BrO4. The quantitative estimate of drug-likeness (QED) is 0.800. The fourth-order valence-corrected chi connectivity index (χ4v) is 2.40. The molecule has 2 rings (SSSR count). The van der Waals surface area contributed by atoms with Crippen LogP contribution >= 0.6 is 15.9 Å². The number of ether oxygens (including phenoxy) is 4. The predicted octanol–water partition coefficient (Wildman–Crippen LogP) is 2.38. The largest absolute Gasteiger partial charge is 0.497 e. The Morgan fingerprint density at radius 1 is 1.41 bits per heavy atom. The van der Waals surface area contributed by atoms with Gasteiger partial charge in [0.15, 0.2) is 0 Å². The second-order valence-corrected chi connectivity index (χ2v) is 4.66. The maximum Gasteiger partial charge on any atom is 0.146 e. The van der Waals surface area contributed by atoms with E-state index in [9.17, 15) is 0 Å². The van der Waals surface area contributed by atoms with Gasteiger partial charge < -0.3 is 18.9 Å². The third kappa shape index (κ3) is 2.91. The van der Waals surface area contributed by atoms with Crippen molar-refractivity contribution in [3.8, 4) is 11.5 Å². The van der Waals surface area contributed by atoms with Crippen molar-refractivity contribution >= 4 is 15.9 Å². The molecular weight excluding hydrogens is 288 g/mol. The summed E-state index contributed by atoms with van der Waals surface area (Å²) in [6.07, 6.45) is 0.829. The molecule has 0 aromatic heterocycles. The SMILES string of the molecule is COCOC1COc2c(Br)cc(OC)cc2C1. The molecule has 1 atom stereocenters. The highest BCUT2D eigenvalue weighted by atomic mass is 79.9. The van der Waals surface area contributed by atoms with Crippen molar-refractivity contribution in [3.63, 3.8) is 0 Å². The molecule has 0 amide bonds. The molecule has 0 saturated carbocycles. The maximum absolute atomic E-state index is 5.68. The van der Waals surface area contributed by atoms with Gasteiger partial charge in [0, 0.05) is 19.1 Å². The van der Waals surface area contributed by atoms with Gasteiger partial charge >= 0.3 is 0 Å². The number of rotatable bonds is 4. The van der Waals surface area contributed by atoms with Gasteiger partial charge in [-0.2, -0.15) is 0 Å². The Kier molecular flexibility index (Phi) is 4.25. The van der Waals surface area contributed by atoms with Crippen molar-refractivity contribution in [2.45, 2.75) is 12.5 Å². The van der Waals surface area contributed by atoms with E-state index in [0.29, 0.717) is 6.61 Å². The fraction of sp³-hybridized carbons (Fsp3) is 0.500. The molecule has 0 spiro atoms. The molecule has 1 unspecified atom stereocenters. The van der Waals surface area contributed by atoms with Gasteiger partial charge in [-0.3, -0.25) is 0 Å². The molecule has 4 nitrogen and oxygen atoms in total. The maximum atomic E-state index is 5.68. The Bertz CT molecular complexity index is 394. The van der Waals surface area contributed by atoms with Crippen molar-refractivity contribution in [2.75, 3.05) is 27.6 Å². The van der Waals surface area contributed by atoms with Crippen LogP contribution in [0.25, 0.3) is 0 Å². The van der Waals surface area contributed by atoms with Crippen molar-refractivity contribution in [2.24, 2.45) is 0 Å². The van der Waals surface area contributed by atoms with E-state index in [-0.39, 0.29) is 12.9 Å². The van der Waals surface area contributed by atoms with Crippen LogP contribution in [0.1, 0.15) is 5.56 Å². The van der Waals surface area contributed by atoms with Crippen LogP contribution < -0.4 is 9.47 Å². The van der Waals surface area contributed by atoms with Crippen molar-refractivity contribution in [1.82, 2.24) is 0 Å². The van der Waals surface area contributed by atoms with E-state index in [1.165, 1.54) is 0 Å². The number of hydrogen-bond acceptors (Lipinski definition) is 4. The van der Waals surface area contributed by atoms with Crippen LogP contribution in [-0.4, -0.2) is 33.7 Å². The van der Waals surface area contributed by atoms with Crippen molar-refractivity contribution in [1.29, 1.82) is 0 Å². The molecule has 1 aliphatic heterocycles. The third-order valence-electron chi connectivity index (χ3n) is 2.61. The average Bonchev–Trinajstić information content (AvgIpc) is 2.35. The zero-order chi connectivity index (χ0) is 12.3. The van der Waals surface area contributed by atoms with Crippen LogP contribution in [0.4, 0.5) is 0 Å². The van der Waals surface area contributed by atoms with E-state index in [0.717, 1.165) is 28.0 Å². The summed E-state index contributed by atoms with van der Waals surface area (Å²) in [4.78, 5) is 0. The van der Waals surface area contributed by atoms with Gasteiger partial charge in [0.1, 0.15) is 24.9 Å². The standard InChI is InChI=1S/C12H15BrO4/c1-14-7-17-10-4-8-3-9(15-2)5-11(13)12(8)16-6-10/h3,5,10H,4,6-7H2,1-2H3. The van der Waals surface area contributed by atoms with Gasteiger partial charge in [0.05, 0.1) is 17.7 Å². The summed E-state index contributed by atoms with van der Waals surface area (Å²) in [7, 11) is 3.26. The Balaban J connectivity index is 2.15. The summed E-state index contributed by atoms with van der Waals surface area (Å²) < 4.78 is 22.2. The Labute approximate surface area is 109 Å². The monoisotopic (exact) mass is 302 g/mol. The molecule has 94 valence electrons. The third-order valence-corrected chi connectivity index (χ3v) is 3.20. The lowest BCUT2D eigenvalue weighted by Crippen LogP contribution is -2.29. The molecule has 0 bridgehead atoms. The normalized spacial score (nSPS) is 18.4. The second-order valence-electron chi connectivity index (χ2n) is 3.81. The fourth-order valence-electron chi connectivity index (χ4n) is 1.81. The lowest BCUT2D eigenvalue weighted by Gasteiger charge is -2.26. The van der Waals surface area contributed by atoms with Crippen LogP contribution in [0.2, 0.25) is 0 Å². The van der Waals surface area contributed by atoms with Gasteiger partial charge in [-0.1, -0.05) is 0 Å². The molecule has 0 N–H and O–H groups in total. The second kappa shape index (κ2) is 5.71. The summed E-state index contributed by atoms with van der Waals surface area (Å²) in [5.41, 5.74) is 1.09. The van der Waals surface area contributed by atoms with Crippen molar-refractivity contribution in [3.05, 3.63) is 22.2 Å². The molecule has 0 fully saturated rings. The molecule has 1 aromatic carbocycles. The summed E-state index contributed by atoms with van der Waals surface area (Å²) >= 11 is 3.48. The van der Waals surface area contributed by atoms with Crippen LogP contribution in [0, 0.1) is 0 Å². The predicted molar refractivity (Wildman–Crippen MR) is 66.6 cm³/mol. The number of methoxy groups -OCH3 is 2. The van der Waals surface area contributed by atoms with E-state index in [2.05, 4.69) is 15.9 Å². The summed E-state index contributed by atoms with van der Waals surface area (Å²) in [5.74, 6) is 1.69. The molecule has 0 saturated heterocycles. The number of halogens is 1. The Hall–Kier alpha value is -0.780. The number of benzene rings is 1. The Morgan fingerprint density at radius 2 is 2.24 bits per heavy atom. The summed E-state index contributed by atoms with van der Waals surface area (Å²) in [5, 5.41) is 0. The zero-order valence-corrected chi connectivity index (χ0v) is 11.5. The van der Waals surface area contributed by atoms with Gasteiger partial charge in [-0.25, -0.2) is 0 Å². The molecule has 0 aliphatic carbocycles. The van der Waals surface area contributed by atoms with Crippen LogP contribution in [0.5, 0.6) is 11.5 Å². The van der Waals surface area contributed by atoms with E-state index in [4.69, 9.17) is 18.9 Å². The highest BCUT2D eigenvalue weighted by Crippen LogP contribution is 2.37. The van der Waals surface area contributed by atoms with Gasteiger partial charge in [0.2, 0.25) is 0 Å². The molecule has 0 radical (unpaired) electrons. The van der Waals surface area contributed by atoms with Gasteiger partial charge in [-0.05, 0) is 28.1 Å². The smallest absolute Gasteiger partial charge is 0.146 e. The first-order chi connectivity index (χ1) is 8.24. The van der Waals surface area contributed by atoms with E-state index in [1.807, 2.05) is 12.1 Å². The molecule has 5 heteroatoms. The van der Waals surface area contributed by atoms with Gasteiger partial charge in [-0.15, -0.1) is 0 Å². The number of hydrogen-bond donors (Lipinski definition) is 0. The summed E-state index contributed by atoms with van der Waals surface area (Å²) in [6, 6.07) is 3.87. The van der Waals surface area contributed by atoms with E-state index in [1.54, 1.807) is 14.2 Å². The Morgan fingerprint density at radius 3 is 2.94 bits per heavy atom. The first-order valence-corrected chi connectivity index (χ1v) is 6.13. The first kappa shape index (κ1) is 12.7. The molecule has 1 aromatic rings. The average molecular weight is 303 g/mol. The zero-order valence-electron chi connectivity index (χ0n) is 9.86. The van der Waals surface area contributed by atoms with Gasteiger partial charge in [0.25, 0.3) is 0 Å². The lowest BCUT2D eigenvalue weighted by atomic mass is 10.0. The van der Waals surface area contributed by atoms with E-state index < -0.39 is 0 Å². The highest BCUT2D eigenvalue weighted by Gasteiger charge is 2.23. The first-order valence-electron chi connectivity index (χ1n) is 5.34. The molecule has 17 heavy (non-hydrogen) atoms. The van der Waals surface area contributed by atoms with Crippen molar-refractivity contribution < 1.29 is 18.9 Å². The minimum atomic E-state index is 0.0291. The van der Waals surface area contributed by atoms with Crippen LogP contribution in [0.3, 0.4) is 0 Å². The lowest BCUT2D eigenvalue weighted by molar-refractivity contribution is -0.0873. The molecule has 1 heterocycles. The van der Waals surface area contributed by atoms with E-state index >= 15 is 0 Å².